The van der Waals surface area contributed by atoms with Gasteiger partial charge in [0.15, 0.2) is 5.90 Å². The molecule has 0 saturated carbocycles. The SMILES string of the molecule is C.C.CC(=O)O.CO.COC(=O)C(C(=O)C(C)C)C(c1ccc(F)cc1)C1CCCNC1=O.COC(=O)C1=C(C(C)C)NC2=NCCCC2C1c1ccc(F)cc1.COC(=O)C1=C(C(C)C)OC2=NCCCC2C1c1ccc(F)cc1.COC(=O)c1c(C(C)C)nc2c(c1-c1ccc(F)cc1)CCCN2S(C)(=O)=O.N. The molecule has 0 aliphatic carbocycles. The highest BCUT2D eigenvalue weighted by Gasteiger charge is 2.47. The van der Waals surface area contributed by atoms with E-state index in [1.807, 2.05) is 41.5 Å². The molecule has 6 aliphatic rings. The predicted molar refractivity (Wildman–Crippen MR) is 416 cm³/mol. The number of pyridine rings is 1. The predicted octanol–water partition coefficient (Wildman–Crippen LogP) is 14.3. The van der Waals surface area contributed by atoms with Crippen LogP contribution in [0.2, 0.25) is 0 Å². The largest absolute Gasteiger partial charge is 0.481 e. The number of methoxy groups -OCH3 is 4. The maximum absolute atomic E-state index is 13.5. The molecule has 7 atom stereocenters. The summed E-state index contributed by atoms with van der Waals surface area (Å²) in [5.41, 5.74) is 7.04. The Balaban J connectivity index is 0.000000368. The van der Waals surface area contributed by atoms with Crippen LogP contribution < -0.4 is 21.1 Å². The summed E-state index contributed by atoms with van der Waals surface area (Å²) < 4.78 is 106. The van der Waals surface area contributed by atoms with E-state index < -0.39 is 69.2 Å². The molecule has 4 aromatic carbocycles. The molecule has 604 valence electrons. The number of halogens is 4. The zero-order valence-electron chi connectivity index (χ0n) is 64.1. The number of aliphatic carboxylic acids is 1. The number of aliphatic hydroxyl groups is 1. The van der Waals surface area contributed by atoms with E-state index in [0.29, 0.717) is 94.5 Å². The number of carbonyl (C=O) groups excluding carboxylic acids is 6. The second-order valence-electron chi connectivity index (χ2n) is 27.5. The van der Waals surface area contributed by atoms with Crippen LogP contribution in [0.1, 0.15) is 184 Å². The van der Waals surface area contributed by atoms with Crippen molar-refractivity contribution in [2.24, 2.45) is 51.4 Å². The number of carbonyl (C=O) groups is 7. The Morgan fingerprint density at radius 1 is 0.627 bits per heavy atom. The molecule has 0 radical (unpaired) electrons. The Hall–Kier alpha value is -9.67. The van der Waals surface area contributed by atoms with Crippen LogP contribution >= 0.6 is 0 Å². The van der Waals surface area contributed by atoms with Crippen molar-refractivity contribution in [3.63, 3.8) is 0 Å². The molecule has 5 aromatic rings. The minimum atomic E-state index is -3.53. The van der Waals surface area contributed by atoms with Crippen LogP contribution in [-0.4, -0.2) is 145 Å². The van der Waals surface area contributed by atoms with Gasteiger partial charge in [-0.15, -0.1) is 0 Å². The number of ketones is 1. The van der Waals surface area contributed by atoms with Crippen LogP contribution in [-0.2, 0) is 68.9 Å². The topological polar surface area (TPSA) is 340 Å². The molecule has 7 N–H and O–H groups in total. The van der Waals surface area contributed by atoms with Crippen molar-refractivity contribution in [1.29, 1.82) is 0 Å². The Morgan fingerprint density at radius 3 is 1.57 bits per heavy atom. The summed E-state index contributed by atoms with van der Waals surface area (Å²) in [7, 11) is 2.77. The average molecular weight is 1560 g/mol. The van der Waals surface area contributed by atoms with Crippen molar-refractivity contribution in [2.45, 2.75) is 152 Å². The van der Waals surface area contributed by atoms with E-state index in [1.54, 1.807) is 50.2 Å². The van der Waals surface area contributed by atoms with Gasteiger partial charge in [-0.1, -0.05) is 119 Å². The first-order valence-electron chi connectivity index (χ1n) is 35.7. The summed E-state index contributed by atoms with van der Waals surface area (Å²) in [5, 5.41) is 20.6. The third-order valence-electron chi connectivity index (χ3n) is 18.9. The van der Waals surface area contributed by atoms with Gasteiger partial charge in [-0.2, -0.15) is 0 Å². The second-order valence-corrected chi connectivity index (χ2v) is 29.4. The Kier molecular flexibility index (Phi) is 37.5. The number of hydrogen-bond donors (Lipinski definition) is 5. The number of anilines is 1. The fourth-order valence-corrected chi connectivity index (χ4v) is 15.1. The van der Waals surface area contributed by atoms with E-state index in [1.165, 1.54) is 93.4 Å². The average Bonchev–Trinajstić information content (AvgIpc) is 0.744. The molecule has 23 nitrogen and oxygen atoms in total. The number of sulfonamides is 1. The lowest BCUT2D eigenvalue weighted by molar-refractivity contribution is -0.153. The fraction of sp³-hybridized carbons (Fsp3) is 0.488. The second kappa shape index (κ2) is 43.7. The first kappa shape index (κ1) is 94.5. The van der Waals surface area contributed by atoms with Crippen molar-refractivity contribution in [2.75, 3.05) is 72.3 Å². The molecular formula is C82H111F4N7O16S. The van der Waals surface area contributed by atoms with E-state index in [2.05, 4.69) is 25.6 Å². The third kappa shape index (κ3) is 23.4. The number of piperidine rings is 1. The highest BCUT2D eigenvalue weighted by molar-refractivity contribution is 7.92. The van der Waals surface area contributed by atoms with Gasteiger partial charge < -0.3 is 50.7 Å². The van der Waals surface area contributed by atoms with Crippen molar-refractivity contribution in [1.82, 2.24) is 21.8 Å². The number of benzene rings is 4. The zero-order valence-corrected chi connectivity index (χ0v) is 64.9. The summed E-state index contributed by atoms with van der Waals surface area (Å²) in [6, 6.07) is 24.1. The number of ether oxygens (including phenoxy) is 5. The van der Waals surface area contributed by atoms with Crippen LogP contribution in [0.4, 0.5) is 23.4 Å². The van der Waals surface area contributed by atoms with Gasteiger partial charge in [0.05, 0.1) is 57.1 Å². The van der Waals surface area contributed by atoms with Gasteiger partial charge in [-0.25, -0.2) is 45.3 Å². The van der Waals surface area contributed by atoms with E-state index in [-0.39, 0.29) is 91.7 Å². The summed E-state index contributed by atoms with van der Waals surface area (Å²) in [4.78, 5) is 98.2. The molecule has 1 fully saturated rings. The van der Waals surface area contributed by atoms with E-state index in [4.69, 9.17) is 38.7 Å². The lowest BCUT2D eigenvalue weighted by Crippen LogP contribution is -2.45. The highest BCUT2D eigenvalue weighted by Crippen LogP contribution is 2.47. The molecule has 6 aliphatic heterocycles. The van der Waals surface area contributed by atoms with Crippen molar-refractivity contribution >= 4 is 69.1 Å². The Bertz CT molecular complexity index is 4080. The molecule has 28 heteroatoms. The Morgan fingerprint density at radius 2 is 1.11 bits per heavy atom. The maximum atomic E-state index is 13.5. The number of aliphatic imine (C=N–C) groups is 2. The number of amidine groups is 1. The van der Waals surface area contributed by atoms with E-state index >= 15 is 0 Å². The Labute approximate surface area is 644 Å². The highest BCUT2D eigenvalue weighted by atomic mass is 32.2. The number of carboxylic acids is 1. The summed E-state index contributed by atoms with van der Waals surface area (Å²) in [5.74, 6) is -5.03. The van der Waals surface area contributed by atoms with Crippen LogP contribution in [0.5, 0.6) is 0 Å². The van der Waals surface area contributed by atoms with E-state index in [0.717, 1.165) is 88.1 Å². The molecule has 0 bridgehead atoms. The van der Waals surface area contributed by atoms with E-state index in [9.17, 15) is 54.7 Å². The quantitative estimate of drug-likeness (QED) is 0.0265. The molecule has 1 saturated heterocycles. The number of nitrogens with zero attached hydrogens (tertiary/aromatic N) is 4. The van der Waals surface area contributed by atoms with Crippen molar-refractivity contribution in [3.05, 3.63) is 176 Å². The zero-order chi connectivity index (χ0) is 79.3. The minimum Gasteiger partial charge on any atom is -0.481 e. The van der Waals surface area contributed by atoms with Crippen LogP contribution in [0.25, 0.3) is 11.1 Å². The fourth-order valence-electron chi connectivity index (χ4n) is 14.2. The number of hydrogen-bond acceptors (Lipinski definition) is 20. The molecule has 110 heavy (non-hydrogen) atoms. The standard InChI is InChI=1S/C20H23FN2O4S.C19H23FN2O2.C19H24FNO4.C19H22FNO3.C2H4O2.CH4O.2CH4.H3N/c1-12(2)18-17(20(24)27-3)16(13-7-9-14(21)10-8-13)15-6-5-11-23(19(15)22-18)28(4,25)26;1-11(2)17-16(19(23)24-3)15(12-6-8-13(20)9-7-12)14-5-4-10-21-18(14)22-17;1-11(2)17(22)16(19(24)25-3)15(12-6-8-13(20)9-7-12)14-5-4-10-21-18(14)23;1-11(2)17-16(19(22)23-3)15(12-6-8-13(20)9-7-12)14-5-4-10-21-18(14)24-17;1-2(3)4;1-2;;;/h7-10,12H,5-6,11H2,1-4H3;6-9,11,14-15H,4-5,10H2,1-3H3,(H,21,22);6-9,11,14-16H,4-5,10H2,1-3H3,(H,21,23);6-9,11,14-15H,4-5,10H2,1-3H3;1H3,(H,3,4);2H,1H3;2*1H4;1H3. The molecule has 7 heterocycles. The molecular weight excluding hydrogens is 1450 g/mol. The third-order valence-corrected chi connectivity index (χ3v) is 20.1. The summed E-state index contributed by atoms with van der Waals surface area (Å²) in [6.45, 7) is 18.7. The number of carboxylic acid groups (broad SMARTS) is 1. The van der Waals surface area contributed by atoms with Crippen LogP contribution in [0.3, 0.4) is 0 Å². The number of Topliss-reactive ketones (excluding diaryl/α,β-unsaturated/α-hetero) is 1. The molecule has 1 amide bonds. The number of amides is 1. The lowest BCUT2D eigenvalue weighted by atomic mass is 9.70. The van der Waals surface area contributed by atoms with Gasteiger partial charge >= 0.3 is 23.9 Å². The number of nitrogens with one attached hydrogen (secondary N) is 2. The van der Waals surface area contributed by atoms with Gasteiger partial charge in [0.25, 0.3) is 5.97 Å². The summed E-state index contributed by atoms with van der Waals surface area (Å²) in [6.07, 6.45) is 7.38. The first-order valence-corrected chi connectivity index (χ1v) is 37.5. The molecule has 7 unspecified atom stereocenters. The number of allylic oxidation sites excluding steroid dienone is 2. The van der Waals surface area contributed by atoms with Gasteiger partial charge in [0, 0.05) is 104 Å². The van der Waals surface area contributed by atoms with Crippen molar-refractivity contribution in [3.8, 4) is 11.1 Å². The number of rotatable bonds is 16. The minimum absolute atomic E-state index is 0. The molecule has 11 rings (SSSR count). The number of aromatic nitrogens is 1. The summed E-state index contributed by atoms with van der Waals surface area (Å²) >= 11 is 0. The van der Waals surface area contributed by atoms with Crippen LogP contribution in [0.15, 0.2) is 130 Å². The van der Waals surface area contributed by atoms with Crippen LogP contribution in [0, 0.1) is 64.7 Å². The monoisotopic (exact) mass is 1560 g/mol. The van der Waals surface area contributed by atoms with Gasteiger partial charge in [0.2, 0.25) is 15.9 Å². The molecule has 1 aromatic heterocycles. The lowest BCUT2D eigenvalue weighted by Gasteiger charge is -2.39. The first-order chi connectivity index (χ1) is 50.8. The van der Waals surface area contributed by atoms with Crippen molar-refractivity contribution < 1.29 is 93.4 Å². The smallest absolute Gasteiger partial charge is 0.340 e. The molecule has 0 spiro atoms. The number of aliphatic hydroxyl groups excluding tert-OH is 1. The van der Waals surface area contributed by atoms with Gasteiger partial charge in [-0.3, -0.25) is 33.5 Å². The maximum Gasteiger partial charge on any atom is 0.340 e. The number of fused-ring (bicyclic) bond motifs is 3. The van der Waals surface area contributed by atoms with Gasteiger partial charge in [-0.05, 0) is 134 Å². The number of esters is 4. The normalized spacial score (nSPS) is 18.6. The van der Waals surface area contributed by atoms with Gasteiger partial charge in [0.1, 0.15) is 52.4 Å².